The van der Waals surface area contributed by atoms with E-state index >= 15 is 0 Å². The molecule has 2 atom stereocenters. The molecular formula is C13H17NO3S. The zero-order valence-corrected chi connectivity index (χ0v) is 10.9. The van der Waals surface area contributed by atoms with Crippen LogP contribution in [0.3, 0.4) is 0 Å². The van der Waals surface area contributed by atoms with E-state index in [0.717, 1.165) is 18.4 Å². The first kappa shape index (κ1) is 13.1. The van der Waals surface area contributed by atoms with E-state index in [9.17, 15) is 9.59 Å². The summed E-state index contributed by atoms with van der Waals surface area (Å²) < 4.78 is 0. The molecular weight excluding hydrogens is 250 g/mol. The molecule has 0 unspecified atom stereocenters. The van der Waals surface area contributed by atoms with Crippen molar-refractivity contribution in [3.05, 3.63) is 22.4 Å². The Hall–Kier alpha value is -1.36. The maximum atomic E-state index is 12.0. The van der Waals surface area contributed by atoms with Gasteiger partial charge >= 0.3 is 5.97 Å². The van der Waals surface area contributed by atoms with Crippen molar-refractivity contribution in [3.63, 3.8) is 0 Å². The largest absolute Gasteiger partial charge is 0.481 e. The van der Waals surface area contributed by atoms with Crippen LogP contribution in [0.5, 0.6) is 0 Å². The number of aliphatic carboxylic acids is 1. The van der Waals surface area contributed by atoms with Gasteiger partial charge in [0.2, 0.25) is 5.91 Å². The van der Waals surface area contributed by atoms with Gasteiger partial charge < -0.3 is 10.4 Å². The van der Waals surface area contributed by atoms with Gasteiger partial charge in [-0.05, 0) is 41.7 Å². The second-order valence-corrected chi connectivity index (χ2v) is 5.53. The number of carbonyl (C=O) groups excluding carboxylic acids is 1. The molecule has 98 valence electrons. The third-order valence-corrected chi connectivity index (χ3v) is 4.17. The van der Waals surface area contributed by atoms with Crippen LogP contribution in [0.25, 0.3) is 0 Å². The van der Waals surface area contributed by atoms with Crippen molar-refractivity contribution in [2.24, 2.45) is 11.8 Å². The summed E-state index contributed by atoms with van der Waals surface area (Å²) in [5.74, 6) is -1.27. The predicted octanol–water partition coefficient (Wildman–Crippen LogP) is 2.26. The molecule has 0 radical (unpaired) electrons. The third kappa shape index (κ3) is 3.32. The van der Waals surface area contributed by atoms with Crippen molar-refractivity contribution in [2.75, 3.05) is 0 Å². The second kappa shape index (κ2) is 6.00. The maximum absolute atomic E-state index is 12.0. The number of hydrogen-bond acceptors (Lipinski definition) is 3. The molecule has 4 nitrogen and oxygen atoms in total. The Kier molecular flexibility index (Phi) is 4.36. The lowest BCUT2D eigenvalue weighted by Gasteiger charge is -2.25. The normalized spacial score (nSPS) is 23.6. The van der Waals surface area contributed by atoms with Gasteiger partial charge in [-0.3, -0.25) is 9.59 Å². The molecule has 0 aliphatic heterocycles. The number of thiophene rings is 1. The zero-order chi connectivity index (χ0) is 13.0. The van der Waals surface area contributed by atoms with Gasteiger partial charge in [0.25, 0.3) is 0 Å². The highest BCUT2D eigenvalue weighted by atomic mass is 32.1. The van der Waals surface area contributed by atoms with Crippen LogP contribution in [-0.2, 0) is 16.1 Å². The molecule has 1 heterocycles. The van der Waals surface area contributed by atoms with Crippen molar-refractivity contribution in [2.45, 2.75) is 32.2 Å². The monoisotopic (exact) mass is 267 g/mol. The van der Waals surface area contributed by atoms with Crippen molar-refractivity contribution < 1.29 is 14.7 Å². The molecule has 18 heavy (non-hydrogen) atoms. The first-order valence-corrected chi connectivity index (χ1v) is 7.12. The molecule has 1 amide bonds. The van der Waals surface area contributed by atoms with Gasteiger partial charge in [0.05, 0.1) is 5.92 Å². The number of carboxylic acids is 1. The minimum atomic E-state index is -0.773. The van der Waals surface area contributed by atoms with Gasteiger partial charge in [-0.15, -0.1) is 0 Å². The Balaban J connectivity index is 1.83. The van der Waals surface area contributed by atoms with E-state index in [4.69, 9.17) is 5.11 Å². The summed E-state index contributed by atoms with van der Waals surface area (Å²) >= 11 is 1.60. The smallest absolute Gasteiger partial charge is 0.306 e. The fourth-order valence-electron chi connectivity index (χ4n) is 2.38. The minimum Gasteiger partial charge on any atom is -0.481 e. The van der Waals surface area contributed by atoms with E-state index in [1.54, 1.807) is 11.3 Å². The average molecular weight is 267 g/mol. The summed E-state index contributed by atoms with van der Waals surface area (Å²) in [5, 5.41) is 15.9. The van der Waals surface area contributed by atoms with Gasteiger partial charge in [0.15, 0.2) is 0 Å². The first-order chi connectivity index (χ1) is 8.66. The van der Waals surface area contributed by atoms with Crippen molar-refractivity contribution in [3.8, 4) is 0 Å². The Morgan fingerprint density at radius 2 is 2.17 bits per heavy atom. The molecule has 1 fully saturated rings. The van der Waals surface area contributed by atoms with E-state index in [0.29, 0.717) is 19.4 Å². The molecule has 0 saturated heterocycles. The number of amides is 1. The van der Waals surface area contributed by atoms with Crippen molar-refractivity contribution in [1.29, 1.82) is 0 Å². The summed E-state index contributed by atoms with van der Waals surface area (Å²) in [7, 11) is 0. The Morgan fingerprint density at radius 1 is 1.39 bits per heavy atom. The standard InChI is InChI=1S/C13H17NO3S/c15-12(14-7-9-4-5-18-8-9)10-2-1-3-11(6-10)13(16)17/h4-5,8,10-11H,1-3,6-7H2,(H,14,15)(H,16,17)/t10-,11-/m1/s1. The first-order valence-electron chi connectivity index (χ1n) is 6.18. The maximum Gasteiger partial charge on any atom is 0.306 e. The fourth-order valence-corrected chi connectivity index (χ4v) is 3.05. The number of carboxylic acid groups (broad SMARTS) is 1. The predicted molar refractivity (Wildman–Crippen MR) is 69.2 cm³/mol. The number of hydrogen-bond donors (Lipinski definition) is 2. The molecule has 0 spiro atoms. The Morgan fingerprint density at radius 3 is 2.83 bits per heavy atom. The van der Waals surface area contributed by atoms with E-state index in [2.05, 4.69) is 5.32 Å². The van der Waals surface area contributed by atoms with E-state index in [1.807, 2.05) is 16.8 Å². The van der Waals surface area contributed by atoms with Gasteiger partial charge in [-0.2, -0.15) is 11.3 Å². The summed E-state index contributed by atoms with van der Waals surface area (Å²) in [6.45, 7) is 0.538. The molecule has 1 aliphatic rings. The van der Waals surface area contributed by atoms with E-state index in [1.165, 1.54) is 0 Å². The van der Waals surface area contributed by atoms with Crippen LogP contribution in [0.2, 0.25) is 0 Å². The van der Waals surface area contributed by atoms with Gasteiger partial charge in [0.1, 0.15) is 0 Å². The lowest BCUT2D eigenvalue weighted by atomic mass is 9.81. The minimum absolute atomic E-state index is 0.00727. The molecule has 0 bridgehead atoms. The van der Waals surface area contributed by atoms with Gasteiger partial charge in [0, 0.05) is 12.5 Å². The van der Waals surface area contributed by atoms with E-state index < -0.39 is 5.97 Å². The van der Waals surface area contributed by atoms with Crippen LogP contribution in [0, 0.1) is 11.8 Å². The van der Waals surface area contributed by atoms with Crippen molar-refractivity contribution >= 4 is 23.2 Å². The highest BCUT2D eigenvalue weighted by Gasteiger charge is 2.30. The molecule has 1 aromatic heterocycles. The SMILES string of the molecule is O=C(O)[C@@H]1CCC[C@@H](C(=O)NCc2ccsc2)C1. The molecule has 1 aliphatic carbocycles. The fraction of sp³-hybridized carbons (Fsp3) is 0.538. The van der Waals surface area contributed by atoms with Crippen LogP contribution in [0.1, 0.15) is 31.2 Å². The molecule has 2 N–H and O–H groups in total. The summed E-state index contributed by atoms with van der Waals surface area (Å²) in [5.41, 5.74) is 1.10. The second-order valence-electron chi connectivity index (χ2n) is 4.75. The quantitative estimate of drug-likeness (QED) is 0.879. The number of carbonyl (C=O) groups is 2. The topological polar surface area (TPSA) is 66.4 Å². The molecule has 0 aromatic carbocycles. The van der Waals surface area contributed by atoms with Crippen LogP contribution in [0.4, 0.5) is 0 Å². The van der Waals surface area contributed by atoms with E-state index in [-0.39, 0.29) is 17.7 Å². The molecule has 1 aromatic rings. The number of rotatable bonds is 4. The van der Waals surface area contributed by atoms with Crippen LogP contribution in [0.15, 0.2) is 16.8 Å². The third-order valence-electron chi connectivity index (χ3n) is 3.44. The molecule has 1 saturated carbocycles. The van der Waals surface area contributed by atoms with Gasteiger partial charge in [-0.25, -0.2) is 0 Å². The Bertz CT molecular complexity index is 416. The lowest BCUT2D eigenvalue weighted by Crippen LogP contribution is -2.35. The lowest BCUT2D eigenvalue weighted by molar-refractivity contribution is -0.144. The molecule has 2 rings (SSSR count). The van der Waals surface area contributed by atoms with Gasteiger partial charge in [-0.1, -0.05) is 6.42 Å². The van der Waals surface area contributed by atoms with Crippen LogP contribution >= 0.6 is 11.3 Å². The molecule has 5 heteroatoms. The highest BCUT2D eigenvalue weighted by molar-refractivity contribution is 7.07. The summed E-state index contributed by atoms with van der Waals surface area (Å²) in [4.78, 5) is 22.9. The Labute approximate surface area is 110 Å². The van der Waals surface area contributed by atoms with Crippen LogP contribution < -0.4 is 5.32 Å². The number of nitrogens with one attached hydrogen (secondary N) is 1. The summed E-state index contributed by atoms with van der Waals surface area (Å²) in [6.07, 6.45) is 2.81. The zero-order valence-electron chi connectivity index (χ0n) is 10.1. The van der Waals surface area contributed by atoms with Crippen LogP contribution in [-0.4, -0.2) is 17.0 Å². The highest BCUT2D eigenvalue weighted by Crippen LogP contribution is 2.29. The van der Waals surface area contributed by atoms with Crippen molar-refractivity contribution in [1.82, 2.24) is 5.32 Å². The summed E-state index contributed by atoms with van der Waals surface area (Å²) in [6, 6.07) is 1.98. The average Bonchev–Trinajstić information content (AvgIpc) is 2.89.